The molecule has 0 spiro atoms. The van der Waals surface area contributed by atoms with Crippen molar-refractivity contribution in [1.29, 1.82) is 0 Å². The minimum atomic E-state index is 0.107. The molecule has 2 atom stereocenters. The maximum atomic E-state index is 6.05. The summed E-state index contributed by atoms with van der Waals surface area (Å²) >= 11 is 0. The summed E-state index contributed by atoms with van der Waals surface area (Å²) in [6.45, 7) is 8.06. The van der Waals surface area contributed by atoms with E-state index in [1.54, 1.807) is 0 Å². The number of ether oxygens (including phenoxy) is 1. The molecule has 0 aromatic heterocycles. The molecule has 0 amide bonds. The zero-order valence-corrected chi connectivity index (χ0v) is 13.6. The van der Waals surface area contributed by atoms with Crippen molar-refractivity contribution in [3.05, 3.63) is 0 Å². The van der Waals surface area contributed by atoms with Crippen molar-refractivity contribution in [1.82, 2.24) is 5.32 Å². The lowest BCUT2D eigenvalue weighted by atomic mass is 9.76. The molecular formula is C17H35NO. The Morgan fingerprint density at radius 3 is 2.32 bits per heavy atom. The van der Waals surface area contributed by atoms with Crippen LogP contribution in [-0.4, -0.2) is 25.3 Å². The number of methoxy groups -OCH3 is 1. The van der Waals surface area contributed by atoms with Crippen LogP contribution in [0.25, 0.3) is 0 Å². The lowest BCUT2D eigenvalue weighted by Gasteiger charge is -2.44. The molecule has 114 valence electrons. The Morgan fingerprint density at radius 1 is 1.11 bits per heavy atom. The van der Waals surface area contributed by atoms with Gasteiger partial charge >= 0.3 is 0 Å². The Hall–Kier alpha value is -0.0800. The van der Waals surface area contributed by atoms with Crippen LogP contribution >= 0.6 is 0 Å². The first kappa shape index (κ1) is 17.0. The molecule has 2 heteroatoms. The van der Waals surface area contributed by atoms with Gasteiger partial charge in [-0.3, -0.25) is 0 Å². The molecule has 1 aliphatic carbocycles. The van der Waals surface area contributed by atoms with Gasteiger partial charge in [-0.2, -0.15) is 0 Å². The second-order valence-corrected chi connectivity index (χ2v) is 6.47. The Labute approximate surface area is 120 Å². The summed E-state index contributed by atoms with van der Waals surface area (Å²) in [6.07, 6.45) is 11.6. The molecular weight excluding hydrogens is 234 g/mol. The van der Waals surface area contributed by atoms with Crippen LogP contribution in [-0.2, 0) is 4.74 Å². The van der Waals surface area contributed by atoms with Gasteiger partial charge in [-0.1, -0.05) is 52.9 Å². The fourth-order valence-corrected chi connectivity index (χ4v) is 3.66. The maximum absolute atomic E-state index is 6.05. The van der Waals surface area contributed by atoms with Crippen LogP contribution in [0.3, 0.4) is 0 Å². The average molecular weight is 269 g/mol. The Morgan fingerprint density at radius 2 is 1.79 bits per heavy atom. The Bertz CT molecular complexity index is 223. The monoisotopic (exact) mass is 269 g/mol. The number of nitrogens with one attached hydrogen (secondary N) is 1. The summed E-state index contributed by atoms with van der Waals surface area (Å²) in [5, 5.41) is 3.80. The largest absolute Gasteiger partial charge is 0.377 e. The van der Waals surface area contributed by atoms with Crippen molar-refractivity contribution in [2.75, 3.05) is 13.7 Å². The van der Waals surface area contributed by atoms with Crippen molar-refractivity contribution >= 4 is 0 Å². The van der Waals surface area contributed by atoms with Crippen LogP contribution < -0.4 is 5.32 Å². The zero-order valence-electron chi connectivity index (χ0n) is 13.6. The van der Waals surface area contributed by atoms with E-state index < -0.39 is 0 Å². The van der Waals surface area contributed by atoms with Gasteiger partial charge in [0.1, 0.15) is 0 Å². The van der Waals surface area contributed by atoms with E-state index in [1.165, 1.54) is 57.8 Å². The molecule has 1 saturated carbocycles. The van der Waals surface area contributed by atoms with Gasteiger partial charge in [0.05, 0.1) is 5.60 Å². The number of rotatable bonds is 9. The molecule has 0 aromatic rings. The summed E-state index contributed by atoms with van der Waals surface area (Å²) in [6, 6.07) is 0.541. The van der Waals surface area contributed by atoms with E-state index in [4.69, 9.17) is 4.74 Å². The first-order chi connectivity index (χ1) is 9.18. The van der Waals surface area contributed by atoms with Crippen molar-refractivity contribution < 1.29 is 4.74 Å². The minimum absolute atomic E-state index is 0.107. The average Bonchev–Trinajstić information content (AvgIpc) is 2.44. The normalized spacial score (nSPS) is 22.1. The van der Waals surface area contributed by atoms with Crippen LogP contribution in [0.4, 0.5) is 0 Å². The van der Waals surface area contributed by atoms with E-state index >= 15 is 0 Å². The Balaban J connectivity index is 2.68. The van der Waals surface area contributed by atoms with E-state index in [2.05, 4.69) is 26.1 Å². The van der Waals surface area contributed by atoms with Gasteiger partial charge in [0.15, 0.2) is 0 Å². The number of hydrogen-bond donors (Lipinski definition) is 1. The highest BCUT2D eigenvalue weighted by atomic mass is 16.5. The van der Waals surface area contributed by atoms with E-state index in [1.807, 2.05) is 7.11 Å². The lowest BCUT2D eigenvalue weighted by molar-refractivity contribution is -0.0722. The zero-order chi connectivity index (χ0) is 14.1. The van der Waals surface area contributed by atoms with E-state index in [9.17, 15) is 0 Å². The quantitative estimate of drug-likeness (QED) is 0.664. The third-order valence-electron chi connectivity index (χ3n) is 4.80. The SMILES string of the molecule is CCCNC(CC(C)CCC)C1(OC)CCCCC1. The molecule has 0 aliphatic heterocycles. The standard InChI is InChI=1S/C17H35NO/c1-5-10-15(3)14-16(18-13-6-2)17(19-4)11-8-7-9-12-17/h15-16,18H,5-14H2,1-4H3. The van der Waals surface area contributed by atoms with Gasteiger partial charge in [-0.25, -0.2) is 0 Å². The third-order valence-corrected chi connectivity index (χ3v) is 4.80. The summed E-state index contributed by atoms with van der Waals surface area (Å²) in [4.78, 5) is 0. The second-order valence-electron chi connectivity index (χ2n) is 6.47. The highest BCUT2D eigenvalue weighted by molar-refractivity contribution is 4.96. The molecule has 1 rings (SSSR count). The fraction of sp³-hybridized carbons (Fsp3) is 1.00. The minimum Gasteiger partial charge on any atom is -0.377 e. The van der Waals surface area contributed by atoms with E-state index in [0.29, 0.717) is 6.04 Å². The van der Waals surface area contributed by atoms with Crippen molar-refractivity contribution in [2.45, 2.75) is 90.2 Å². The van der Waals surface area contributed by atoms with Crippen molar-refractivity contribution in [2.24, 2.45) is 5.92 Å². The summed E-state index contributed by atoms with van der Waals surface area (Å²) < 4.78 is 6.05. The number of hydrogen-bond acceptors (Lipinski definition) is 2. The van der Waals surface area contributed by atoms with Gasteiger partial charge in [-0.15, -0.1) is 0 Å². The van der Waals surface area contributed by atoms with Crippen LogP contribution in [0.2, 0.25) is 0 Å². The molecule has 0 radical (unpaired) electrons. The molecule has 2 unspecified atom stereocenters. The fourth-order valence-electron chi connectivity index (χ4n) is 3.66. The lowest BCUT2D eigenvalue weighted by Crippen LogP contribution is -2.54. The van der Waals surface area contributed by atoms with E-state index in [0.717, 1.165) is 12.5 Å². The predicted molar refractivity (Wildman–Crippen MR) is 83.6 cm³/mol. The molecule has 1 fully saturated rings. The maximum Gasteiger partial charge on any atom is 0.0831 e. The summed E-state index contributed by atoms with van der Waals surface area (Å²) in [7, 11) is 1.93. The van der Waals surface area contributed by atoms with Crippen molar-refractivity contribution in [3.8, 4) is 0 Å². The molecule has 19 heavy (non-hydrogen) atoms. The van der Waals surface area contributed by atoms with Gasteiger partial charge in [0.2, 0.25) is 0 Å². The molecule has 1 aliphatic rings. The molecule has 0 bridgehead atoms. The smallest absolute Gasteiger partial charge is 0.0831 e. The molecule has 1 N–H and O–H groups in total. The van der Waals surface area contributed by atoms with Gasteiger partial charge in [-0.05, 0) is 38.1 Å². The predicted octanol–water partition coefficient (Wildman–Crippen LogP) is 4.53. The van der Waals surface area contributed by atoms with Crippen molar-refractivity contribution in [3.63, 3.8) is 0 Å². The van der Waals surface area contributed by atoms with Gasteiger partial charge in [0, 0.05) is 13.2 Å². The van der Waals surface area contributed by atoms with Crippen LogP contribution in [0.1, 0.15) is 78.6 Å². The summed E-state index contributed by atoms with van der Waals surface area (Å²) in [5.41, 5.74) is 0.107. The highest BCUT2D eigenvalue weighted by Gasteiger charge is 2.39. The second kappa shape index (κ2) is 8.97. The third kappa shape index (κ3) is 5.07. The van der Waals surface area contributed by atoms with Gasteiger partial charge < -0.3 is 10.1 Å². The topological polar surface area (TPSA) is 21.3 Å². The highest BCUT2D eigenvalue weighted by Crippen LogP contribution is 2.36. The van der Waals surface area contributed by atoms with E-state index in [-0.39, 0.29) is 5.60 Å². The first-order valence-electron chi connectivity index (χ1n) is 8.47. The molecule has 0 aromatic carbocycles. The van der Waals surface area contributed by atoms with Crippen LogP contribution in [0, 0.1) is 5.92 Å². The molecule has 2 nitrogen and oxygen atoms in total. The van der Waals surface area contributed by atoms with Gasteiger partial charge in [0.25, 0.3) is 0 Å². The molecule has 0 saturated heterocycles. The van der Waals surface area contributed by atoms with Crippen LogP contribution in [0.5, 0.6) is 0 Å². The van der Waals surface area contributed by atoms with Crippen LogP contribution in [0.15, 0.2) is 0 Å². The first-order valence-corrected chi connectivity index (χ1v) is 8.47. The Kier molecular flexibility index (Phi) is 8.01. The summed E-state index contributed by atoms with van der Waals surface area (Å²) in [5.74, 6) is 0.799. The molecule has 0 heterocycles.